The molecule has 1 aliphatic rings. The average Bonchev–Trinajstić information content (AvgIpc) is 2.96. The number of carbonyl (C=O) groups is 1. The highest BCUT2D eigenvalue weighted by atomic mass is 32.1. The summed E-state index contributed by atoms with van der Waals surface area (Å²) in [6.07, 6.45) is 4.63. The molecule has 0 spiro atoms. The molecule has 1 aromatic rings. The first-order valence-electron chi connectivity index (χ1n) is 7.51. The van der Waals surface area contributed by atoms with Gasteiger partial charge < -0.3 is 10.6 Å². The van der Waals surface area contributed by atoms with E-state index in [1.807, 2.05) is 17.2 Å². The van der Waals surface area contributed by atoms with E-state index >= 15 is 0 Å². The van der Waals surface area contributed by atoms with Crippen LogP contribution in [-0.2, 0) is 0 Å². The number of thiazole rings is 1. The van der Waals surface area contributed by atoms with Gasteiger partial charge in [-0.05, 0) is 25.2 Å². The van der Waals surface area contributed by atoms with E-state index in [0.29, 0.717) is 11.1 Å². The molecule has 1 fully saturated rings. The van der Waals surface area contributed by atoms with Crippen molar-refractivity contribution >= 4 is 17.2 Å². The number of nitrogens with zero attached hydrogens (tertiary/aromatic N) is 2. The second kappa shape index (κ2) is 6.22. The van der Waals surface area contributed by atoms with Crippen molar-refractivity contribution in [1.29, 1.82) is 0 Å². The van der Waals surface area contributed by atoms with Gasteiger partial charge in [-0.2, -0.15) is 0 Å². The van der Waals surface area contributed by atoms with Crippen molar-refractivity contribution in [2.75, 3.05) is 13.1 Å². The highest BCUT2D eigenvalue weighted by Gasteiger charge is 2.33. The first-order chi connectivity index (χ1) is 9.51. The smallest absolute Gasteiger partial charge is 0.273 e. The molecule has 1 amide bonds. The Kier molecular flexibility index (Phi) is 4.81. The largest absolute Gasteiger partial charge is 0.337 e. The summed E-state index contributed by atoms with van der Waals surface area (Å²) in [5, 5.41) is 2.67. The van der Waals surface area contributed by atoms with Crippen molar-refractivity contribution in [1.82, 2.24) is 9.88 Å². The fourth-order valence-corrected chi connectivity index (χ4v) is 3.65. The summed E-state index contributed by atoms with van der Waals surface area (Å²) < 4.78 is 0. The van der Waals surface area contributed by atoms with Gasteiger partial charge in [-0.3, -0.25) is 4.79 Å². The molecular formula is C15H25N3OS. The second-order valence-electron chi connectivity index (χ2n) is 5.86. The van der Waals surface area contributed by atoms with Crippen LogP contribution in [-0.4, -0.2) is 28.9 Å². The van der Waals surface area contributed by atoms with Gasteiger partial charge in [0.05, 0.1) is 6.04 Å². The van der Waals surface area contributed by atoms with Crippen molar-refractivity contribution < 1.29 is 4.79 Å². The van der Waals surface area contributed by atoms with E-state index in [1.165, 1.54) is 24.2 Å². The van der Waals surface area contributed by atoms with Crippen LogP contribution >= 0.6 is 11.3 Å². The molecule has 0 bridgehead atoms. The topological polar surface area (TPSA) is 59.2 Å². The summed E-state index contributed by atoms with van der Waals surface area (Å²) in [5.74, 6) is 0.0638. The number of hydrogen-bond donors (Lipinski definition) is 1. The molecule has 1 aromatic heterocycles. The van der Waals surface area contributed by atoms with E-state index in [2.05, 4.69) is 18.8 Å². The molecule has 20 heavy (non-hydrogen) atoms. The Balaban J connectivity index is 2.01. The summed E-state index contributed by atoms with van der Waals surface area (Å²) in [7, 11) is 0. The van der Waals surface area contributed by atoms with Crippen molar-refractivity contribution in [2.24, 2.45) is 11.1 Å². The zero-order valence-electron chi connectivity index (χ0n) is 12.7. The van der Waals surface area contributed by atoms with Gasteiger partial charge in [0.25, 0.3) is 5.91 Å². The highest BCUT2D eigenvalue weighted by Crippen LogP contribution is 2.38. The normalized spacial score (nSPS) is 19.9. The lowest BCUT2D eigenvalue weighted by atomic mass is 9.74. The summed E-state index contributed by atoms with van der Waals surface area (Å²) in [5.41, 5.74) is 6.80. The molecule has 4 nitrogen and oxygen atoms in total. The van der Waals surface area contributed by atoms with Gasteiger partial charge >= 0.3 is 0 Å². The number of hydrogen-bond acceptors (Lipinski definition) is 4. The van der Waals surface area contributed by atoms with Crippen LogP contribution in [0.15, 0.2) is 5.38 Å². The van der Waals surface area contributed by atoms with Crippen LogP contribution in [0.1, 0.15) is 68.0 Å². The molecule has 5 heteroatoms. The molecule has 1 atom stereocenters. The van der Waals surface area contributed by atoms with Crippen LogP contribution in [0.5, 0.6) is 0 Å². The van der Waals surface area contributed by atoms with Gasteiger partial charge in [-0.25, -0.2) is 4.98 Å². The maximum atomic E-state index is 12.5. The van der Waals surface area contributed by atoms with Gasteiger partial charge in [0.1, 0.15) is 10.7 Å². The predicted octanol–water partition coefficient (Wildman–Crippen LogP) is 3.21. The van der Waals surface area contributed by atoms with E-state index in [-0.39, 0.29) is 11.9 Å². The zero-order chi connectivity index (χ0) is 14.8. The van der Waals surface area contributed by atoms with Crippen LogP contribution in [0.25, 0.3) is 0 Å². The number of aromatic nitrogens is 1. The molecule has 2 heterocycles. The number of carbonyl (C=O) groups excluding carboxylic acids is 1. The van der Waals surface area contributed by atoms with Crippen molar-refractivity contribution in [3.8, 4) is 0 Å². The molecular weight excluding hydrogens is 270 g/mol. The van der Waals surface area contributed by atoms with E-state index < -0.39 is 0 Å². The fourth-order valence-electron chi connectivity index (χ4n) is 2.90. The van der Waals surface area contributed by atoms with Crippen LogP contribution < -0.4 is 5.73 Å². The SMILES string of the molecule is CCC1(CC)CCN(C(=O)c2csc(C(C)N)n2)CC1. The van der Waals surface area contributed by atoms with Gasteiger partial charge in [-0.1, -0.05) is 26.7 Å². The number of likely N-dealkylation sites (tertiary alicyclic amines) is 1. The van der Waals surface area contributed by atoms with Crippen molar-refractivity contribution in [2.45, 2.75) is 52.5 Å². The molecule has 2 N–H and O–H groups in total. The molecule has 0 radical (unpaired) electrons. The Hall–Kier alpha value is -0.940. The molecule has 1 aliphatic heterocycles. The molecule has 1 saturated heterocycles. The summed E-state index contributed by atoms with van der Waals surface area (Å²) in [6, 6.07) is -0.101. The summed E-state index contributed by atoms with van der Waals surface area (Å²) >= 11 is 1.48. The van der Waals surface area contributed by atoms with Gasteiger partial charge in [0.15, 0.2) is 0 Å². The second-order valence-corrected chi connectivity index (χ2v) is 6.75. The lowest BCUT2D eigenvalue weighted by Gasteiger charge is -2.40. The Morgan fingerprint density at radius 1 is 1.45 bits per heavy atom. The number of piperidine rings is 1. The first kappa shape index (κ1) is 15.4. The van der Waals surface area contributed by atoms with Gasteiger partial charge in [0.2, 0.25) is 0 Å². The Labute approximate surface area is 125 Å². The third-order valence-electron chi connectivity index (χ3n) is 4.74. The lowest BCUT2D eigenvalue weighted by molar-refractivity contribution is 0.0553. The van der Waals surface area contributed by atoms with E-state index in [9.17, 15) is 4.79 Å². The van der Waals surface area contributed by atoms with Crippen LogP contribution in [0.2, 0.25) is 0 Å². The Bertz CT molecular complexity index is 455. The molecule has 0 saturated carbocycles. The van der Waals surface area contributed by atoms with E-state index in [0.717, 1.165) is 30.9 Å². The van der Waals surface area contributed by atoms with Crippen molar-refractivity contribution in [3.63, 3.8) is 0 Å². The quantitative estimate of drug-likeness (QED) is 0.928. The summed E-state index contributed by atoms with van der Waals surface area (Å²) in [6.45, 7) is 8.12. The minimum Gasteiger partial charge on any atom is -0.337 e. The molecule has 1 unspecified atom stereocenters. The predicted molar refractivity (Wildman–Crippen MR) is 82.9 cm³/mol. The van der Waals surface area contributed by atoms with Crippen LogP contribution in [0.3, 0.4) is 0 Å². The van der Waals surface area contributed by atoms with Gasteiger partial charge in [-0.15, -0.1) is 11.3 Å². The first-order valence-corrected chi connectivity index (χ1v) is 8.39. The zero-order valence-corrected chi connectivity index (χ0v) is 13.5. The minimum absolute atomic E-state index is 0.0638. The van der Waals surface area contributed by atoms with Crippen LogP contribution in [0.4, 0.5) is 0 Å². The third kappa shape index (κ3) is 3.04. The standard InChI is InChI=1S/C15H25N3OS/c1-4-15(5-2)6-8-18(9-7-15)14(19)12-10-20-13(17-12)11(3)16/h10-11H,4-9,16H2,1-3H3. The van der Waals surface area contributed by atoms with Crippen molar-refractivity contribution in [3.05, 3.63) is 16.1 Å². The molecule has 112 valence electrons. The van der Waals surface area contributed by atoms with Crippen LogP contribution in [0, 0.1) is 5.41 Å². The number of nitrogens with two attached hydrogens (primary N) is 1. The molecule has 0 aromatic carbocycles. The monoisotopic (exact) mass is 295 g/mol. The number of amides is 1. The van der Waals surface area contributed by atoms with E-state index in [4.69, 9.17) is 5.73 Å². The van der Waals surface area contributed by atoms with Gasteiger partial charge in [0, 0.05) is 18.5 Å². The molecule has 2 rings (SSSR count). The maximum absolute atomic E-state index is 12.5. The summed E-state index contributed by atoms with van der Waals surface area (Å²) in [4.78, 5) is 18.8. The molecule has 0 aliphatic carbocycles. The average molecular weight is 295 g/mol. The number of rotatable bonds is 4. The lowest BCUT2D eigenvalue weighted by Crippen LogP contribution is -2.43. The fraction of sp³-hybridized carbons (Fsp3) is 0.733. The third-order valence-corrected chi connectivity index (χ3v) is 5.79. The highest BCUT2D eigenvalue weighted by molar-refractivity contribution is 7.09. The Morgan fingerprint density at radius 3 is 2.50 bits per heavy atom. The minimum atomic E-state index is -0.101. The maximum Gasteiger partial charge on any atom is 0.273 e. The Morgan fingerprint density at radius 2 is 2.05 bits per heavy atom. The van der Waals surface area contributed by atoms with E-state index in [1.54, 1.807) is 0 Å².